The summed E-state index contributed by atoms with van der Waals surface area (Å²) < 4.78 is 0. The van der Waals surface area contributed by atoms with E-state index in [1.165, 1.54) is 0 Å². The number of benzene rings is 3. The zero-order valence-electron chi connectivity index (χ0n) is 13.3. The van der Waals surface area contributed by atoms with Gasteiger partial charge >= 0.3 is 0 Å². The summed E-state index contributed by atoms with van der Waals surface area (Å²) >= 11 is 0. The molecule has 0 saturated heterocycles. The number of hydrogen-bond donors (Lipinski definition) is 0. The van der Waals surface area contributed by atoms with Crippen molar-refractivity contribution < 1.29 is 9.59 Å². The smallest absolute Gasteiger partial charge is 0.124 e. The first-order valence-electron chi connectivity index (χ1n) is 7.96. The van der Waals surface area contributed by atoms with Crippen LogP contribution in [0, 0.1) is 0 Å². The van der Waals surface area contributed by atoms with E-state index in [1.807, 2.05) is 48.5 Å². The molecular weight excluding hydrogens is 296 g/mol. The second-order valence-corrected chi connectivity index (χ2v) is 5.71. The molecule has 3 aromatic rings. The fraction of sp³-hybridized carbons (Fsp3) is 0.0909. The van der Waals surface area contributed by atoms with Crippen LogP contribution in [0.25, 0.3) is 22.3 Å². The van der Waals surface area contributed by atoms with E-state index in [0.717, 1.165) is 46.0 Å². The minimum Gasteiger partial charge on any atom is -0.303 e. The highest BCUT2D eigenvalue weighted by Gasteiger charge is 2.01. The Labute approximate surface area is 141 Å². The van der Waals surface area contributed by atoms with Crippen LogP contribution >= 0.6 is 0 Å². The number of carbonyl (C=O) groups excluding carboxylic acids is 2. The zero-order valence-corrected chi connectivity index (χ0v) is 13.3. The minimum atomic E-state index is 0.458. The van der Waals surface area contributed by atoms with E-state index >= 15 is 0 Å². The van der Waals surface area contributed by atoms with Crippen LogP contribution in [-0.4, -0.2) is 12.6 Å². The van der Waals surface area contributed by atoms with Crippen LogP contribution < -0.4 is 0 Å². The second kappa shape index (κ2) is 7.51. The monoisotopic (exact) mass is 314 g/mol. The van der Waals surface area contributed by atoms with Gasteiger partial charge in [-0.3, -0.25) is 0 Å². The van der Waals surface area contributed by atoms with Crippen LogP contribution in [0.15, 0.2) is 72.8 Å². The molecule has 0 spiro atoms. The number of aldehydes is 2. The van der Waals surface area contributed by atoms with Crippen LogP contribution in [0.5, 0.6) is 0 Å². The van der Waals surface area contributed by atoms with E-state index in [4.69, 9.17) is 0 Å². The highest BCUT2D eigenvalue weighted by atomic mass is 16.1. The van der Waals surface area contributed by atoms with Crippen molar-refractivity contribution in [2.24, 2.45) is 0 Å². The van der Waals surface area contributed by atoms with E-state index in [2.05, 4.69) is 24.3 Å². The number of rotatable bonds is 6. The molecule has 0 heterocycles. The van der Waals surface area contributed by atoms with Crippen LogP contribution in [0.4, 0.5) is 0 Å². The molecule has 0 saturated carbocycles. The van der Waals surface area contributed by atoms with Gasteiger partial charge in [-0.15, -0.1) is 0 Å². The maximum absolute atomic E-state index is 10.5. The highest BCUT2D eigenvalue weighted by Crippen LogP contribution is 2.25. The van der Waals surface area contributed by atoms with Gasteiger partial charge in [0, 0.05) is 12.8 Å². The van der Waals surface area contributed by atoms with Crippen molar-refractivity contribution >= 4 is 12.6 Å². The Bertz CT molecular complexity index is 741. The average Bonchev–Trinajstić information content (AvgIpc) is 2.64. The summed E-state index contributed by atoms with van der Waals surface area (Å²) in [6.45, 7) is 0. The molecule has 3 rings (SSSR count). The summed E-state index contributed by atoms with van der Waals surface area (Å²) in [5.74, 6) is 0. The van der Waals surface area contributed by atoms with Gasteiger partial charge in [0.15, 0.2) is 0 Å². The molecule has 0 amide bonds. The van der Waals surface area contributed by atoms with Crippen molar-refractivity contribution in [1.82, 2.24) is 0 Å². The predicted octanol–water partition coefficient (Wildman–Crippen LogP) is 4.50. The SMILES string of the molecule is O=CCc1ccc(-c2ccc(-c3ccc(CC=O)cc3)cc2)cc1. The third kappa shape index (κ3) is 3.66. The summed E-state index contributed by atoms with van der Waals surface area (Å²) in [6.07, 6.45) is 2.76. The summed E-state index contributed by atoms with van der Waals surface area (Å²) in [5, 5.41) is 0. The summed E-state index contributed by atoms with van der Waals surface area (Å²) in [4.78, 5) is 21.1. The Morgan fingerprint density at radius 1 is 0.458 bits per heavy atom. The van der Waals surface area contributed by atoms with Crippen molar-refractivity contribution in [2.45, 2.75) is 12.8 Å². The van der Waals surface area contributed by atoms with Crippen LogP contribution in [0.3, 0.4) is 0 Å². The van der Waals surface area contributed by atoms with Crippen LogP contribution in [0.2, 0.25) is 0 Å². The molecule has 24 heavy (non-hydrogen) atoms. The lowest BCUT2D eigenvalue weighted by atomic mass is 9.98. The van der Waals surface area contributed by atoms with E-state index in [1.54, 1.807) is 0 Å². The van der Waals surface area contributed by atoms with Crippen LogP contribution in [0.1, 0.15) is 11.1 Å². The first-order chi connectivity index (χ1) is 11.8. The summed E-state index contributed by atoms with van der Waals surface area (Å²) in [7, 11) is 0. The van der Waals surface area contributed by atoms with E-state index < -0.39 is 0 Å². The largest absolute Gasteiger partial charge is 0.303 e. The molecule has 0 aromatic heterocycles. The van der Waals surface area contributed by atoms with Gasteiger partial charge in [-0.2, -0.15) is 0 Å². The first-order valence-corrected chi connectivity index (χ1v) is 7.96. The zero-order chi connectivity index (χ0) is 16.8. The lowest BCUT2D eigenvalue weighted by Crippen LogP contribution is -1.87. The van der Waals surface area contributed by atoms with E-state index in [9.17, 15) is 9.59 Å². The van der Waals surface area contributed by atoms with Gasteiger partial charge in [0.05, 0.1) is 0 Å². The molecular formula is C22H18O2. The molecule has 0 N–H and O–H groups in total. The molecule has 0 atom stereocenters. The molecule has 2 heteroatoms. The average molecular weight is 314 g/mol. The molecule has 0 aliphatic carbocycles. The van der Waals surface area contributed by atoms with Crippen LogP contribution in [-0.2, 0) is 22.4 Å². The van der Waals surface area contributed by atoms with Crippen molar-refractivity contribution in [1.29, 1.82) is 0 Å². The van der Waals surface area contributed by atoms with Gasteiger partial charge in [0.1, 0.15) is 12.6 Å². The van der Waals surface area contributed by atoms with Crippen molar-refractivity contribution in [3.05, 3.63) is 83.9 Å². The fourth-order valence-corrected chi connectivity index (χ4v) is 2.71. The molecule has 0 bridgehead atoms. The molecule has 2 nitrogen and oxygen atoms in total. The maximum atomic E-state index is 10.5. The Morgan fingerprint density at radius 2 is 0.708 bits per heavy atom. The van der Waals surface area contributed by atoms with E-state index in [0.29, 0.717) is 12.8 Å². The van der Waals surface area contributed by atoms with Crippen molar-refractivity contribution in [2.75, 3.05) is 0 Å². The number of hydrogen-bond acceptors (Lipinski definition) is 2. The Morgan fingerprint density at radius 3 is 0.958 bits per heavy atom. The van der Waals surface area contributed by atoms with Gasteiger partial charge in [0.2, 0.25) is 0 Å². The maximum Gasteiger partial charge on any atom is 0.124 e. The Hall–Kier alpha value is -3.00. The minimum absolute atomic E-state index is 0.458. The number of carbonyl (C=O) groups is 2. The Balaban J connectivity index is 1.79. The quantitative estimate of drug-likeness (QED) is 0.628. The van der Waals surface area contributed by atoms with Gasteiger partial charge < -0.3 is 9.59 Å². The third-order valence-electron chi connectivity index (χ3n) is 4.10. The second-order valence-electron chi connectivity index (χ2n) is 5.71. The van der Waals surface area contributed by atoms with Crippen molar-refractivity contribution in [3.63, 3.8) is 0 Å². The van der Waals surface area contributed by atoms with Gasteiger partial charge in [-0.25, -0.2) is 0 Å². The molecule has 0 unspecified atom stereocenters. The van der Waals surface area contributed by atoms with Gasteiger partial charge in [-0.05, 0) is 33.4 Å². The molecule has 118 valence electrons. The molecule has 0 radical (unpaired) electrons. The molecule has 0 fully saturated rings. The molecule has 0 aliphatic heterocycles. The molecule has 0 aliphatic rings. The lowest BCUT2D eigenvalue weighted by Gasteiger charge is -2.06. The summed E-state index contributed by atoms with van der Waals surface area (Å²) in [6, 6.07) is 24.5. The van der Waals surface area contributed by atoms with Gasteiger partial charge in [-0.1, -0.05) is 72.8 Å². The highest BCUT2D eigenvalue weighted by molar-refractivity contribution is 5.71. The topological polar surface area (TPSA) is 34.1 Å². The first kappa shape index (κ1) is 15.9. The standard InChI is InChI=1S/C22H18O2/c23-15-13-17-1-5-19(6-2-17)21-9-11-22(12-10-21)20-7-3-18(4-8-20)14-16-24/h1-12,15-16H,13-14H2. The Kier molecular flexibility index (Phi) is 4.97. The van der Waals surface area contributed by atoms with E-state index in [-0.39, 0.29) is 0 Å². The fourth-order valence-electron chi connectivity index (χ4n) is 2.71. The normalized spacial score (nSPS) is 10.3. The predicted molar refractivity (Wildman–Crippen MR) is 96.9 cm³/mol. The lowest BCUT2D eigenvalue weighted by molar-refractivity contribution is -0.108. The van der Waals surface area contributed by atoms with Crippen molar-refractivity contribution in [3.8, 4) is 22.3 Å². The third-order valence-corrected chi connectivity index (χ3v) is 4.10. The molecule has 3 aromatic carbocycles. The van der Waals surface area contributed by atoms with Gasteiger partial charge in [0.25, 0.3) is 0 Å². The summed E-state index contributed by atoms with van der Waals surface area (Å²) in [5.41, 5.74) is 6.62.